The number of rotatable bonds is 4. The highest BCUT2D eigenvalue weighted by Crippen LogP contribution is 2.27. The van der Waals surface area contributed by atoms with Crippen molar-refractivity contribution in [1.29, 1.82) is 0 Å². The van der Waals surface area contributed by atoms with Crippen LogP contribution in [0.25, 0.3) is 0 Å². The Morgan fingerprint density at radius 2 is 2.29 bits per heavy atom. The van der Waals surface area contributed by atoms with Gasteiger partial charge in [-0.3, -0.25) is 4.90 Å². The predicted octanol–water partition coefficient (Wildman–Crippen LogP) is 3.01. The van der Waals surface area contributed by atoms with Crippen molar-refractivity contribution in [2.45, 2.75) is 37.8 Å². The first-order valence-electron chi connectivity index (χ1n) is 7.60. The van der Waals surface area contributed by atoms with E-state index in [2.05, 4.69) is 5.32 Å². The number of anilines is 2. The second-order valence-electron chi connectivity index (χ2n) is 5.68. The number of nitrogens with one attached hydrogen (secondary N) is 1. The van der Waals surface area contributed by atoms with E-state index in [1.54, 1.807) is 12.0 Å². The molecule has 1 N–H and O–H groups in total. The van der Waals surface area contributed by atoms with E-state index in [-0.39, 0.29) is 6.09 Å². The zero-order valence-electron chi connectivity index (χ0n) is 12.4. The molecule has 0 aromatic heterocycles. The summed E-state index contributed by atoms with van der Waals surface area (Å²) in [5.41, 5.74) is 1.94. The van der Waals surface area contributed by atoms with Crippen LogP contribution in [0.1, 0.15) is 25.7 Å². The number of methoxy groups -OCH3 is 1. The molecule has 2 fully saturated rings. The van der Waals surface area contributed by atoms with Crippen molar-refractivity contribution in [3.05, 3.63) is 24.3 Å². The first kappa shape index (κ1) is 14.2. The summed E-state index contributed by atoms with van der Waals surface area (Å²) in [5, 5.41) is 3.57. The van der Waals surface area contributed by atoms with E-state index in [0.29, 0.717) is 25.3 Å². The van der Waals surface area contributed by atoms with Crippen molar-refractivity contribution in [2.24, 2.45) is 0 Å². The first-order chi connectivity index (χ1) is 10.3. The number of carbonyl (C=O) groups is 1. The molecule has 0 radical (unpaired) electrons. The molecule has 2 aliphatic rings. The van der Waals surface area contributed by atoms with Gasteiger partial charge in [0.2, 0.25) is 0 Å². The van der Waals surface area contributed by atoms with Gasteiger partial charge >= 0.3 is 6.09 Å². The maximum Gasteiger partial charge on any atom is 0.414 e. The van der Waals surface area contributed by atoms with E-state index in [4.69, 9.17) is 9.47 Å². The summed E-state index contributed by atoms with van der Waals surface area (Å²) in [4.78, 5) is 13.3. The molecule has 3 rings (SSSR count). The standard InChI is InChI=1S/C16H22N2O3/c1-20-15-7-3-5-13(11-15)17-12-4-2-6-14(10-12)18-8-9-21-16(18)19/h2,4,6,10,13,15,17H,3,5,7-9,11H2,1H3. The Bertz CT molecular complexity index is 506. The molecule has 1 saturated carbocycles. The zero-order chi connectivity index (χ0) is 14.7. The molecule has 1 aliphatic heterocycles. The van der Waals surface area contributed by atoms with E-state index >= 15 is 0 Å². The molecular formula is C16H22N2O3. The van der Waals surface area contributed by atoms with Gasteiger partial charge in [-0.2, -0.15) is 0 Å². The molecule has 1 saturated heterocycles. The Labute approximate surface area is 125 Å². The van der Waals surface area contributed by atoms with Gasteiger partial charge in [0, 0.05) is 24.5 Å². The average Bonchev–Trinajstić information content (AvgIpc) is 2.94. The smallest absolute Gasteiger partial charge is 0.414 e. The van der Waals surface area contributed by atoms with E-state index in [0.717, 1.165) is 30.6 Å². The molecule has 0 bridgehead atoms. The molecule has 1 heterocycles. The molecule has 1 amide bonds. The minimum Gasteiger partial charge on any atom is -0.447 e. The lowest BCUT2D eigenvalue weighted by molar-refractivity contribution is 0.0669. The topological polar surface area (TPSA) is 50.8 Å². The summed E-state index contributed by atoms with van der Waals surface area (Å²) in [6.45, 7) is 1.09. The number of cyclic esters (lactones) is 1. The van der Waals surface area contributed by atoms with Gasteiger partial charge in [-0.05, 0) is 43.9 Å². The van der Waals surface area contributed by atoms with Gasteiger partial charge in [-0.25, -0.2) is 4.79 Å². The van der Waals surface area contributed by atoms with Crippen LogP contribution >= 0.6 is 0 Å². The van der Waals surface area contributed by atoms with Gasteiger partial charge in [0.05, 0.1) is 12.6 Å². The van der Waals surface area contributed by atoms with E-state index < -0.39 is 0 Å². The zero-order valence-corrected chi connectivity index (χ0v) is 12.4. The highest BCUT2D eigenvalue weighted by molar-refractivity contribution is 5.89. The van der Waals surface area contributed by atoms with Gasteiger partial charge in [0.15, 0.2) is 0 Å². The molecule has 5 nitrogen and oxygen atoms in total. The van der Waals surface area contributed by atoms with Gasteiger partial charge in [0.25, 0.3) is 0 Å². The minimum absolute atomic E-state index is 0.260. The van der Waals surface area contributed by atoms with Crippen LogP contribution < -0.4 is 10.2 Å². The van der Waals surface area contributed by atoms with Gasteiger partial charge in [-0.1, -0.05) is 6.07 Å². The summed E-state index contributed by atoms with van der Waals surface area (Å²) in [7, 11) is 1.78. The van der Waals surface area contributed by atoms with Crippen molar-refractivity contribution < 1.29 is 14.3 Å². The number of amides is 1. The highest BCUT2D eigenvalue weighted by atomic mass is 16.6. The normalized spacial score (nSPS) is 25.8. The minimum atomic E-state index is -0.260. The van der Waals surface area contributed by atoms with Crippen LogP contribution in [0.3, 0.4) is 0 Å². The largest absolute Gasteiger partial charge is 0.447 e. The Morgan fingerprint density at radius 1 is 1.38 bits per heavy atom. The van der Waals surface area contributed by atoms with Crippen molar-refractivity contribution in [3.63, 3.8) is 0 Å². The van der Waals surface area contributed by atoms with Crippen molar-refractivity contribution in [1.82, 2.24) is 0 Å². The molecule has 1 aromatic rings. The van der Waals surface area contributed by atoms with Crippen LogP contribution in [-0.2, 0) is 9.47 Å². The third-order valence-corrected chi connectivity index (χ3v) is 4.25. The van der Waals surface area contributed by atoms with Gasteiger partial charge in [0.1, 0.15) is 6.61 Å². The summed E-state index contributed by atoms with van der Waals surface area (Å²) in [5.74, 6) is 0. The van der Waals surface area contributed by atoms with Crippen molar-refractivity contribution in [3.8, 4) is 0 Å². The molecule has 21 heavy (non-hydrogen) atoms. The van der Waals surface area contributed by atoms with Gasteiger partial charge in [-0.15, -0.1) is 0 Å². The summed E-state index contributed by atoms with van der Waals surface area (Å²) in [6, 6.07) is 8.41. The Hall–Kier alpha value is -1.75. The molecule has 2 unspecified atom stereocenters. The lowest BCUT2D eigenvalue weighted by atomic mass is 9.92. The Balaban J connectivity index is 1.67. The summed E-state index contributed by atoms with van der Waals surface area (Å²) in [6.07, 6.45) is 4.63. The third kappa shape index (κ3) is 3.29. The lowest BCUT2D eigenvalue weighted by Gasteiger charge is -2.29. The third-order valence-electron chi connectivity index (χ3n) is 4.25. The summed E-state index contributed by atoms with van der Waals surface area (Å²) < 4.78 is 10.5. The van der Waals surface area contributed by atoms with Crippen LogP contribution in [0.4, 0.5) is 16.2 Å². The molecule has 5 heteroatoms. The molecular weight excluding hydrogens is 268 g/mol. The maximum atomic E-state index is 11.6. The molecule has 0 spiro atoms. The number of hydrogen-bond acceptors (Lipinski definition) is 4. The second-order valence-corrected chi connectivity index (χ2v) is 5.68. The Kier molecular flexibility index (Phi) is 4.29. The van der Waals surface area contributed by atoms with Crippen LogP contribution in [0.2, 0.25) is 0 Å². The molecule has 1 aromatic carbocycles. The monoisotopic (exact) mass is 290 g/mol. The summed E-state index contributed by atoms with van der Waals surface area (Å²) >= 11 is 0. The number of nitrogens with zero attached hydrogens (tertiary/aromatic N) is 1. The van der Waals surface area contributed by atoms with Crippen LogP contribution in [0, 0.1) is 0 Å². The first-order valence-corrected chi connectivity index (χ1v) is 7.60. The van der Waals surface area contributed by atoms with Crippen LogP contribution in [-0.4, -0.2) is 38.5 Å². The second kappa shape index (κ2) is 6.35. The average molecular weight is 290 g/mol. The number of ether oxygens (including phenoxy) is 2. The quantitative estimate of drug-likeness (QED) is 0.926. The van der Waals surface area contributed by atoms with Crippen molar-refractivity contribution >= 4 is 17.5 Å². The Morgan fingerprint density at radius 3 is 3.05 bits per heavy atom. The van der Waals surface area contributed by atoms with E-state index in [1.807, 2.05) is 24.3 Å². The number of benzene rings is 1. The number of hydrogen-bond donors (Lipinski definition) is 1. The fourth-order valence-corrected chi connectivity index (χ4v) is 3.12. The SMILES string of the molecule is COC1CCCC(Nc2cccc(N3CCOC3=O)c2)C1. The highest BCUT2D eigenvalue weighted by Gasteiger charge is 2.24. The van der Waals surface area contributed by atoms with Gasteiger partial charge < -0.3 is 14.8 Å². The maximum absolute atomic E-state index is 11.6. The van der Waals surface area contributed by atoms with E-state index in [1.165, 1.54) is 6.42 Å². The lowest BCUT2D eigenvalue weighted by Crippen LogP contribution is -2.31. The fraction of sp³-hybridized carbons (Fsp3) is 0.562. The van der Waals surface area contributed by atoms with Crippen LogP contribution in [0.5, 0.6) is 0 Å². The predicted molar refractivity (Wildman–Crippen MR) is 81.8 cm³/mol. The fourth-order valence-electron chi connectivity index (χ4n) is 3.12. The van der Waals surface area contributed by atoms with E-state index in [9.17, 15) is 4.79 Å². The molecule has 1 aliphatic carbocycles. The molecule has 2 atom stereocenters. The van der Waals surface area contributed by atoms with Crippen molar-refractivity contribution in [2.75, 3.05) is 30.5 Å². The number of carbonyl (C=O) groups excluding carboxylic acids is 1. The van der Waals surface area contributed by atoms with Crippen LogP contribution in [0.15, 0.2) is 24.3 Å². The molecule has 114 valence electrons.